The van der Waals surface area contributed by atoms with E-state index < -0.39 is 0 Å². The van der Waals surface area contributed by atoms with Gasteiger partial charge in [0.05, 0.1) is 14.2 Å². The van der Waals surface area contributed by atoms with Crippen LogP contribution >= 0.6 is 0 Å². The Balaban J connectivity index is 1.59. The number of aromatic amines is 1. The number of fused-ring (bicyclic) bond motifs is 1. The number of Topliss-reactive ketones (excluding diaryl/α,β-unsaturated/α-hetero) is 1. The summed E-state index contributed by atoms with van der Waals surface area (Å²) in [5.41, 5.74) is 3.60. The zero-order valence-corrected chi connectivity index (χ0v) is 18.0. The van der Waals surface area contributed by atoms with Crippen molar-refractivity contribution in [3.63, 3.8) is 0 Å². The zero-order chi connectivity index (χ0) is 21.4. The fourth-order valence-electron chi connectivity index (χ4n) is 4.86. The molecule has 0 amide bonds. The van der Waals surface area contributed by atoms with Crippen molar-refractivity contribution in [1.82, 2.24) is 4.98 Å². The largest absolute Gasteiger partial charge is 0.493 e. The molecule has 0 bridgehead atoms. The Labute approximate surface area is 176 Å². The third kappa shape index (κ3) is 3.59. The monoisotopic (exact) mass is 411 g/mol. The van der Waals surface area contributed by atoms with Crippen LogP contribution < -0.4 is 9.47 Å². The van der Waals surface area contributed by atoms with Crippen molar-refractivity contribution in [2.75, 3.05) is 14.2 Å². The second kappa shape index (κ2) is 8.17. The number of methoxy groups -OCH3 is 2. The molecule has 2 aromatic rings. The standard InChI is InChI=1S/C24H29NO5/c1-13-6-5-7-19(13)30-24(27)23-14(2)22-17(25-23)10-16(11-18(22)26)15-8-9-20(28-3)21(12-15)29-4/h8-9,12-13,16,19,25H,5-7,10-11H2,1-4H3/t13-,16+,19+/m1/s1. The topological polar surface area (TPSA) is 77.6 Å². The smallest absolute Gasteiger partial charge is 0.355 e. The first-order chi connectivity index (χ1) is 14.4. The maximum absolute atomic E-state index is 13.0. The minimum absolute atomic E-state index is 0.0154. The molecule has 6 nitrogen and oxygen atoms in total. The van der Waals surface area contributed by atoms with Gasteiger partial charge in [-0.15, -0.1) is 0 Å². The number of ether oxygens (including phenoxy) is 3. The highest BCUT2D eigenvalue weighted by atomic mass is 16.5. The van der Waals surface area contributed by atoms with E-state index in [4.69, 9.17) is 14.2 Å². The molecule has 160 valence electrons. The summed E-state index contributed by atoms with van der Waals surface area (Å²) >= 11 is 0. The highest BCUT2D eigenvalue weighted by Gasteiger charge is 2.34. The van der Waals surface area contributed by atoms with Crippen molar-refractivity contribution in [1.29, 1.82) is 0 Å². The normalized spacial score (nSPS) is 23.2. The van der Waals surface area contributed by atoms with E-state index >= 15 is 0 Å². The van der Waals surface area contributed by atoms with E-state index in [0.29, 0.717) is 47.1 Å². The van der Waals surface area contributed by atoms with Crippen molar-refractivity contribution in [2.45, 2.75) is 58.0 Å². The zero-order valence-electron chi connectivity index (χ0n) is 18.0. The van der Waals surface area contributed by atoms with Gasteiger partial charge in [0, 0.05) is 17.7 Å². The van der Waals surface area contributed by atoms with Crippen molar-refractivity contribution in [2.24, 2.45) is 5.92 Å². The summed E-state index contributed by atoms with van der Waals surface area (Å²) in [6, 6.07) is 5.75. The Morgan fingerprint density at radius 2 is 1.87 bits per heavy atom. The number of rotatable bonds is 5. The Kier molecular flexibility index (Phi) is 5.58. The molecular weight excluding hydrogens is 382 g/mol. The number of carbonyl (C=O) groups excluding carboxylic acids is 2. The molecule has 0 saturated heterocycles. The van der Waals surface area contributed by atoms with Gasteiger partial charge in [-0.05, 0) is 67.7 Å². The lowest BCUT2D eigenvalue weighted by molar-refractivity contribution is 0.0219. The summed E-state index contributed by atoms with van der Waals surface area (Å²) in [4.78, 5) is 29.0. The molecule has 1 fully saturated rings. The van der Waals surface area contributed by atoms with Gasteiger partial charge in [0.1, 0.15) is 11.8 Å². The average molecular weight is 411 g/mol. The molecule has 1 N–H and O–H groups in total. The van der Waals surface area contributed by atoms with Crippen LogP contribution in [0.4, 0.5) is 0 Å². The molecule has 2 aliphatic carbocycles. The Morgan fingerprint density at radius 3 is 2.53 bits per heavy atom. The van der Waals surface area contributed by atoms with Gasteiger partial charge in [-0.2, -0.15) is 0 Å². The van der Waals surface area contributed by atoms with Gasteiger partial charge in [-0.3, -0.25) is 4.79 Å². The fourth-order valence-corrected chi connectivity index (χ4v) is 4.86. The number of benzene rings is 1. The number of hydrogen-bond donors (Lipinski definition) is 1. The molecule has 0 radical (unpaired) electrons. The molecule has 0 spiro atoms. The molecule has 6 heteroatoms. The van der Waals surface area contributed by atoms with Gasteiger partial charge >= 0.3 is 5.97 Å². The SMILES string of the molecule is COc1ccc([C@@H]2CC(=O)c3c([nH]c(C(=O)O[C@H]4CCC[C@H]4C)c3C)C2)cc1OC. The van der Waals surface area contributed by atoms with Crippen LogP contribution in [0.5, 0.6) is 11.5 Å². The van der Waals surface area contributed by atoms with Crippen LogP contribution in [-0.2, 0) is 11.2 Å². The summed E-state index contributed by atoms with van der Waals surface area (Å²) in [7, 11) is 3.20. The molecule has 1 heterocycles. The second-order valence-corrected chi connectivity index (χ2v) is 8.47. The predicted molar refractivity (Wildman–Crippen MR) is 113 cm³/mol. The lowest BCUT2D eigenvalue weighted by Gasteiger charge is -2.23. The van der Waals surface area contributed by atoms with E-state index in [-0.39, 0.29) is 23.8 Å². The third-order valence-electron chi connectivity index (χ3n) is 6.61. The third-order valence-corrected chi connectivity index (χ3v) is 6.61. The number of hydrogen-bond acceptors (Lipinski definition) is 5. The van der Waals surface area contributed by atoms with Gasteiger partial charge in [-0.25, -0.2) is 4.79 Å². The van der Waals surface area contributed by atoms with E-state index in [1.54, 1.807) is 14.2 Å². The fraction of sp³-hybridized carbons (Fsp3) is 0.500. The molecule has 0 unspecified atom stereocenters. The number of esters is 1. The van der Waals surface area contributed by atoms with Crippen LogP contribution in [0.15, 0.2) is 18.2 Å². The predicted octanol–water partition coefficient (Wildman–Crippen LogP) is 4.60. The van der Waals surface area contributed by atoms with E-state index in [9.17, 15) is 9.59 Å². The first kappa shape index (κ1) is 20.5. The van der Waals surface area contributed by atoms with E-state index in [1.807, 2.05) is 25.1 Å². The number of aromatic nitrogens is 1. The summed E-state index contributed by atoms with van der Waals surface area (Å²) in [5.74, 6) is 1.41. The Hall–Kier alpha value is -2.76. The molecule has 1 aromatic heterocycles. The summed E-state index contributed by atoms with van der Waals surface area (Å²) in [5, 5.41) is 0. The van der Waals surface area contributed by atoms with Gasteiger partial charge in [0.25, 0.3) is 0 Å². The Morgan fingerprint density at radius 1 is 1.10 bits per heavy atom. The molecule has 1 saturated carbocycles. The van der Waals surface area contributed by atoms with Crippen LogP contribution in [0.25, 0.3) is 0 Å². The van der Waals surface area contributed by atoms with Crippen molar-refractivity contribution < 1.29 is 23.8 Å². The maximum atomic E-state index is 13.0. The molecule has 4 rings (SSSR count). The molecule has 30 heavy (non-hydrogen) atoms. The summed E-state index contributed by atoms with van der Waals surface area (Å²) in [6.07, 6.45) is 4.11. The van der Waals surface area contributed by atoms with Crippen LogP contribution in [-0.4, -0.2) is 37.1 Å². The molecule has 0 aliphatic heterocycles. The van der Waals surface area contributed by atoms with Crippen molar-refractivity contribution >= 4 is 11.8 Å². The van der Waals surface area contributed by atoms with Gasteiger partial charge in [0.15, 0.2) is 17.3 Å². The van der Waals surface area contributed by atoms with Crippen LogP contribution in [0.1, 0.15) is 76.2 Å². The van der Waals surface area contributed by atoms with Crippen LogP contribution in [0, 0.1) is 12.8 Å². The quantitative estimate of drug-likeness (QED) is 0.728. The van der Waals surface area contributed by atoms with Gasteiger partial charge in [0.2, 0.25) is 0 Å². The van der Waals surface area contributed by atoms with Crippen LogP contribution in [0.2, 0.25) is 0 Å². The molecule has 3 atom stereocenters. The highest BCUT2D eigenvalue weighted by molar-refractivity contribution is 6.03. The number of ketones is 1. The van der Waals surface area contributed by atoms with E-state index in [0.717, 1.165) is 30.5 Å². The number of carbonyl (C=O) groups is 2. The van der Waals surface area contributed by atoms with Crippen molar-refractivity contribution in [3.05, 3.63) is 46.3 Å². The second-order valence-electron chi connectivity index (χ2n) is 8.47. The van der Waals surface area contributed by atoms with Gasteiger partial charge < -0.3 is 19.2 Å². The first-order valence-corrected chi connectivity index (χ1v) is 10.6. The van der Waals surface area contributed by atoms with E-state index in [1.165, 1.54) is 0 Å². The maximum Gasteiger partial charge on any atom is 0.355 e. The minimum Gasteiger partial charge on any atom is -0.493 e. The first-order valence-electron chi connectivity index (χ1n) is 10.6. The number of nitrogens with one attached hydrogen (secondary N) is 1. The number of H-pyrrole nitrogens is 1. The lowest BCUT2D eigenvalue weighted by atomic mass is 9.81. The lowest BCUT2D eigenvalue weighted by Crippen LogP contribution is -2.21. The van der Waals surface area contributed by atoms with Gasteiger partial charge in [-0.1, -0.05) is 13.0 Å². The Bertz CT molecular complexity index is 976. The van der Waals surface area contributed by atoms with Crippen LogP contribution in [0.3, 0.4) is 0 Å². The van der Waals surface area contributed by atoms with Crippen molar-refractivity contribution in [3.8, 4) is 11.5 Å². The highest BCUT2D eigenvalue weighted by Crippen LogP contribution is 2.38. The minimum atomic E-state index is -0.351. The average Bonchev–Trinajstić information content (AvgIpc) is 3.30. The summed E-state index contributed by atoms with van der Waals surface area (Å²) in [6.45, 7) is 3.95. The molecule has 1 aromatic carbocycles. The van der Waals surface area contributed by atoms with E-state index in [2.05, 4.69) is 11.9 Å². The molecule has 2 aliphatic rings. The molecular formula is C24H29NO5. The summed E-state index contributed by atoms with van der Waals surface area (Å²) < 4.78 is 16.5.